The molecule has 21 heavy (non-hydrogen) atoms. The first-order chi connectivity index (χ1) is 9.91. The number of pyridine rings is 2. The first-order valence-corrected chi connectivity index (χ1v) is 6.24. The van der Waals surface area contributed by atoms with E-state index in [4.69, 9.17) is 0 Å². The molecule has 0 aliphatic heterocycles. The van der Waals surface area contributed by atoms with Crippen LogP contribution in [-0.2, 0) is 11.0 Å². The molecule has 0 aliphatic rings. The van der Waals surface area contributed by atoms with Gasteiger partial charge in [-0.2, -0.15) is 13.2 Å². The molecule has 0 atom stereocenters. The summed E-state index contributed by atoms with van der Waals surface area (Å²) in [6, 6.07) is 2.47. The molecule has 0 fully saturated rings. The number of halogens is 3. The number of amides is 1. The van der Waals surface area contributed by atoms with Crippen molar-refractivity contribution in [1.29, 1.82) is 0 Å². The predicted molar refractivity (Wildman–Crippen MR) is 71.7 cm³/mol. The van der Waals surface area contributed by atoms with Crippen molar-refractivity contribution < 1.29 is 18.0 Å². The maximum atomic E-state index is 12.7. The Kier molecular flexibility index (Phi) is 4.25. The van der Waals surface area contributed by atoms with E-state index in [9.17, 15) is 18.0 Å². The molecule has 0 aliphatic carbocycles. The van der Waals surface area contributed by atoms with Crippen LogP contribution in [0.25, 0.3) is 10.9 Å². The van der Waals surface area contributed by atoms with Gasteiger partial charge in [-0.05, 0) is 19.1 Å². The van der Waals surface area contributed by atoms with E-state index in [0.717, 1.165) is 12.3 Å². The minimum atomic E-state index is -4.48. The Bertz CT molecular complexity index is 657. The molecule has 5 nitrogen and oxygen atoms in total. The SMILES string of the molecule is CCNC(=O)CNc1nccc2ncc(C(F)(F)F)cc12. The van der Waals surface area contributed by atoms with Crippen LogP contribution in [0.15, 0.2) is 24.5 Å². The average molecular weight is 298 g/mol. The summed E-state index contributed by atoms with van der Waals surface area (Å²) >= 11 is 0. The minimum Gasteiger partial charge on any atom is -0.360 e. The van der Waals surface area contributed by atoms with Crippen molar-refractivity contribution in [2.24, 2.45) is 0 Å². The normalized spacial score (nSPS) is 11.4. The molecule has 2 rings (SSSR count). The number of rotatable bonds is 4. The van der Waals surface area contributed by atoms with E-state index in [1.54, 1.807) is 6.92 Å². The first-order valence-electron chi connectivity index (χ1n) is 6.24. The van der Waals surface area contributed by atoms with Gasteiger partial charge in [0, 0.05) is 24.3 Å². The molecular weight excluding hydrogens is 285 g/mol. The molecule has 0 radical (unpaired) electrons. The van der Waals surface area contributed by atoms with Gasteiger partial charge in [0.1, 0.15) is 5.82 Å². The maximum absolute atomic E-state index is 12.7. The van der Waals surface area contributed by atoms with E-state index in [1.807, 2.05) is 0 Å². The fourth-order valence-electron chi connectivity index (χ4n) is 1.77. The predicted octanol–water partition coefficient (Wildman–Crippen LogP) is 2.20. The monoisotopic (exact) mass is 298 g/mol. The van der Waals surface area contributed by atoms with Crippen LogP contribution in [0.5, 0.6) is 0 Å². The third kappa shape index (κ3) is 3.59. The molecular formula is C13H13F3N4O. The van der Waals surface area contributed by atoms with Crippen LogP contribution >= 0.6 is 0 Å². The van der Waals surface area contributed by atoms with Crippen LogP contribution in [0.1, 0.15) is 12.5 Å². The number of hydrogen-bond acceptors (Lipinski definition) is 4. The van der Waals surface area contributed by atoms with Gasteiger partial charge >= 0.3 is 6.18 Å². The number of alkyl halides is 3. The molecule has 0 saturated heterocycles. The molecule has 112 valence electrons. The summed E-state index contributed by atoms with van der Waals surface area (Å²) in [6.07, 6.45) is -2.29. The molecule has 2 aromatic heterocycles. The van der Waals surface area contributed by atoms with Crippen LogP contribution in [0.4, 0.5) is 19.0 Å². The fourth-order valence-corrected chi connectivity index (χ4v) is 1.77. The Balaban J connectivity index is 2.32. The van der Waals surface area contributed by atoms with Crippen molar-refractivity contribution in [1.82, 2.24) is 15.3 Å². The van der Waals surface area contributed by atoms with Gasteiger partial charge in [-0.1, -0.05) is 0 Å². The zero-order valence-corrected chi connectivity index (χ0v) is 11.2. The van der Waals surface area contributed by atoms with Crippen LogP contribution in [0, 0.1) is 0 Å². The lowest BCUT2D eigenvalue weighted by Crippen LogP contribution is -2.29. The van der Waals surface area contributed by atoms with E-state index in [1.165, 1.54) is 12.3 Å². The van der Waals surface area contributed by atoms with E-state index in [0.29, 0.717) is 12.1 Å². The Hall–Kier alpha value is -2.38. The van der Waals surface area contributed by atoms with Gasteiger partial charge in [0.2, 0.25) is 5.91 Å². The smallest absolute Gasteiger partial charge is 0.360 e. The summed E-state index contributed by atoms with van der Waals surface area (Å²) in [7, 11) is 0. The lowest BCUT2D eigenvalue weighted by Gasteiger charge is -2.11. The number of fused-ring (bicyclic) bond motifs is 1. The second-order valence-electron chi connectivity index (χ2n) is 4.26. The lowest BCUT2D eigenvalue weighted by molar-refractivity contribution is -0.137. The average Bonchev–Trinajstić information content (AvgIpc) is 2.44. The quantitative estimate of drug-likeness (QED) is 0.908. The van der Waals surface area contributed by atoms with Crippen molar-refractivity contribution in [3.05, 3.63) is 30.1 Å². The molecule has 2 heterocycles. The summed E-state index contributed by atoms with van der Waals surface area (Å²) in [5.74, 6) is -0.0754. The molecule has 0 spiro atoms. The van der Waals surface area contributed by atoms with Gasteiger partial charge in [-0.3, -0.25) is 9.78 Å². The highest BCUT2D eigenvalue weighted by atomic mass is 19.4. The number of carbonyl (C=O) groups excluding carboxylic acids is 1. The summed E-state index contributed by atoms with van der Waals surface area (Å²) in [6.45, 7) is 2.17. The Morgan fingerprint density at radius 2 is 2.10 bits per heavy atom. The third-order valence-electron chi connectivity index (χ3n) is 2.73. The molecule has 0 bridgehead atoms. The lowest BCUT2D eigenvalue weighted by atomic mass is 10.2. The van der Waals surface area contributed by atoms with Crippen molar-refractivity contribution in [3.8, 4) is 0 Å². The van der Waals surface area contributed by atoms with Crippen molar-refractivity contribution >= 4 is 22.6 Å². The van der Waals surface area contributed by atoms with Gasteiger partial charge < -0.3 is 10.6 Å². The van der Waals surface area contributed by atoms with Gasteiger partial charge in [-0.25, -0.2) is 4.98 Å². The number of hydrogen-bond donors (Lipinski definition) is 2. The Morgan fingerprint density at radius 3 is 2.76 bits per heavy atom. The number of carbonyl (C=O) groups is 1. The van der Waals surface area contributed by atoms with Crippen molar-refractivity contribution in [2.45, 2.75) is 13.1 Å². The number of likely N-dealkylation sites (N-methyl/N-ethyl adjacent to an activating group) is 1. The van der Waals surface area contributed by atoms with Crippen LogP contribution in [0.2, 0.25) is 0 Å². The fraction of sp³-hybridized carbons (Fsp3) is 0.308. The highest BCUT2D eigenvalue weighted by molar-refractivity contribution is 5.91. The molecule has 0 unspecified atom stereocenters. The van der Waals surface area contributed by atoms with E-state index in [-0.39, 0.29) is 23.7 Å². The third-order valence-corrected chi connectivity index (χ3v) is 2.73. The summed E-state index contributed by atoms with van der Waals surface area (Å²) in [4.78, 5) is 19.1. The second-order valence-corrected chi connectivity index (χ2v) is 4.26. The van der Waals surface area contributed by atoms with Gasteiger partial charge in [0.25, 0.3) is 0 Å². The van der Waals surface area contributed by atoms with Crippen molar-refractivity contribution in [3.63, 3.8) is 0 Å². The highest BCUT2D eigenvalue weighted by Crippen LogP contribution is 2.31. The summed E-state index contributed by atoms with van der Waals surface area (Å²) < 4.78 is 38.2. The van der Waals surface area contributed by atoms with Crippen LogP contribution in [-0.4, -0.2) is 29.0 Å². The standard InChI is InChI=1S/C13H13F3N4O/c1-2-17-11(21)7-20-12-9-5-8(13(14,15)16)6-19-10(9)3-4-18-12/h3-6H,2,7H2,1H3,(H,17,21)(H,18,20). The number of anilines is 1. The molecule has 1 amide bonds. The zero-order chi connectivity index (χ0) is 15.5. The van der Waals surface area contributed by atoms with Gasteiger partial charge in [0.15, 0.2) is 0 Å². The number of nitrogens with zero attached hydrogens (tertiary/aromatic N) is 2. The molecule has 2 aromatic rings. The number of aromatic nitrogens is 2. The maximum Gasteiger partial charge on any atom is 0.417 e. The van der Waals surface area contributed by atoms with Gasteiger partial charge in [0.05, 0.1) is 17.6 Å². The van der Waals surface area contributed by atoms with Crippen LogP contribution in [0.3, 0.4) is 0 Å². The highest BCUT2D eigenvalue weighted by Gasteiger charge is 2.31. The summed E-state index contributed by atoms with van der Waals surface area (Å²) in [5.41, 5.74) is -0.486. The molecule has 8 heteroatoms. The molecule has 0 aromatic carbocycles. The zero-order valence-electron chi connectivity index (χ0n) is 11.2. The molecule has 2 N–H and O–H groups in total. The van der Waals surface area contributed by atoms with E-state index in [2.05, 4.69) is 20.6 Å². The second kappa shape index (κ2) is 5.94. The number of nitrogens with one attached hydrogen (secondary N) is 2. The van der Waals surface area contributed by atoms with Crippen LogP contribution < -0.4 is 10.6 Å². The largest absolute Gasteiger partial charge is 0.417 e. The van der Waals surface area contributed by atoms with Gasteiger partial charge in [-0.15, -0.1) is 0 Å². The minimum absolute atomic E-state index is 0.0732. The Morgan fingerprint density at radius 1 is 1.33 bits per heavy atom. The first kappa shape index (κ1) is 15.0. The summed E-state index contributed by atoms with van der Waals surface area (Å²) in [5, 5.41) is 5.51. The van der Waals surface area contributed by atoms with E-state index < -0.39 is 11.7 Å². The van der Waals surface area contributed by atoms with E-state index >= 15 is 0 Å². The topological polar surface area (TPSA) is 66.9 Å². The Labute approximate surface area is 118 Å². The molecule has 0 saturated carbocycles. The van der Waals surface area contributed by atoms with Crippen molar-refractivity contribution in [2.75, 3.05) is 18.4 Å².